The predicted octanol–water partition coefficient (Wildman–Crippen LogP) is 3.87. The number of ether oxygens (including phenoxy) is 2. The zero-order valence-electron chi connectivity index (χ0n) is 22.1. The summed E-state index contributed by atoms with van der Waals surface area (Å²) in [6.45, 7) is 1.87. The molecule has 1 aliphatic heterocycles. The van der Waals surface area contributed by atoms with Crippen molar-refractivity contribution in [2.75, 3.05) is 19.1 Å². The third-order valence-electron chi connectivity index (χ3n) is 6.54. The Bertz CT molecular complexity index is 1650. The van der Waals surface area contributed by atoms with Crippen molar-refractivity contribution in [3.05, 3.63) is 118 Å². The van der Waals surface area contributed by atoms with Crippen molar-refractivity contribution in [2.45, 2.75) is 23.5 Å². The van der Waals surface area contributed by atoms with Gasteiger partial charge in [0.1, 0.15) is 11.5 Å². The van der Waals surface area contributed by atoms with Crippen molar-refractivity contribution in [3.8, 4) is 6.07 Å². The van der Waals surface area contributed by atoms with Crippen LogP contribution in [0.2, 0.25) is 0 Å². The van der Waals surface area contributed by atoms with E-state index in [0.29, 0.717) is 16.8 Å². The summed E-state index contributed by atoms with van der Waals surface area (Å²) in [6.07, 6.45) is 0. The molecule has 1 atom stereocenters. The van der Waals surface area contributed by atoms with Gasteiger partial charge >= 0.3 is 11.9 Å². The first kappa shape index (κ1) is 28.1. The lowest BCUT2D eigenvalue weighted by Crippen LogP contribution is -2.40. The fourth-order valence-corrected chi connectivity index (χ4v) is 5.92. The lowest BCUT2D eigenvalue weighted by molar-refractivity contribution is -0.139. The van der Waals surface area contributed by atoms with Gasteiger partial charge in [0, 0.05) is 5.69 Å². The minimum Gasteiger partial charge on any atom is -0.466 e. The van der Waals surface area contributed by atoms with Crippen molar-refractivity contribution in [3.63, 3.8) is 0 Å². The van der Waals surface area contributed by atoms with Crippen molar-refractivity contribution >= 4 is 27.5 Å². The Morgan fingerprint density at radius 3 is 2.08 bits per heavy atom. The van der Waals surface area contributed by atoms with Gasteiger partial charge in [0.15, 0.2) is 9.84 Å². The molecule has 40 heavy (non-hydrogen) atoms. The second-order valence-electron chi connectivity index (χ2n) is 9.07. The number of sulfone groups is 1. The van der Waals surface area contributed by atoms with Crippen molar-refractivity contribution in [2.24, 2.45) is 5.73 Å². The largest absolute Gasteiger partial charge is 0.466 e. The molecule has 2 N–H and O–H groups in total. The molecule has 0 spiro atoms. The lowest BCUT2D eigenvalue weighted by atomic mass is 9.81. The van der Waals surface area contributed by atoms with E-state index in [2.05, 4.69) is 6.07 Å². The van der Waals surface area contributed by atoms with Gasteiger partial charge in [-0.15, -0.1) is 0 Å². The maximum Gasteiger partial charge on any atom is 0.355 e. The van der Waals surface area contributed by atoms with E-state index < -0.39 is 27.7 Å². The fourth-order valence-electron chi connectivity index (χ4n) is 4.57. The Morgan fingerprint density at radius 2 is 1.52 bits per heavy atom. The van der Waals surface area contributed by atoms with Gasteiger partial charge < -0.3 is 15.2 Å². The third kappa shape index (κ3) is 5.32. The average Bonchev–Trinajstić information content (AvgIpc) is 2.96. The molecule has 9 nitrogen and oxygen atoms in total. The maximum atomic E-state index is 13.2. The minimum atomic E-state index is -3.62. The lowest BCUT2D eigenvalue weighted by Gasteiger charge is -2.35. The number of benzene rings is 3. The normalized spacial score (nSPS) is 15.4. The number of carbonyl (C=O) groups excluding carboxylic acids is 2. The van der Waals surface area contributed by atoms with Gasteiger partial charge in [-0.05, 0) is 42.3 Å². The number of esters is 2. The van der Waals surface area contributed by atoms with Crippen LogP contribution in [0, 0.1) is 18.3 Å². The van der Waals surface area contributed by atoms with Gasteiger partial charge in [0.2, 0.25) is 0 Å². The SMILES string of the molecule is COC(=O)C1=C(C(=O)OC)N(c2ccc(CS(=O)(=O)c3ccc(C)cc3)cc2)C(N)=C(C#N)C1c1ccccc1. The van der Waals surface area contributed by atoms with Crippen LogP contribution in [0.25, 0.3) is 0 Å². The van der Waals surface area contributed by atoms with E-state index in [9.17, 15) is 23.3 Å². The molecule has 3 aromatic carbocycles. The van der Waals surface area contributed by atoms with Crippen LogP contribution in [0.3, 0.4) is 0 Å². The Kier molecular flexibility index (Phi) is 8.07. The highest BCUT2D eigenvalue weighted by molar-refractivity contribution is 7.90. The van der Waals surface area contributed by atoms with E-state index in [-0.39, 0.29) is 33.3 Å². The number of nitrogens with zero attached hydrogens (tertiary/aromatic N) is 2. The number of allylic oxidation sites excluding steroid dienone is 1. The predicted molar refractivity (Wildman–Crippen MR) is 148 cm³/mol. The summed E-state index contributed by atoms with van der Waals surface area (Å²) in [5.41, 5.74) is 8.52. The molecule has 10 heteroatoms. The van der Waals surface area contributed by atoms with E-state index in [1.807, 2.05) is 6.92 Å². The quantitative estimate of drug-likeness (QED) is 0.429. The van der Waals surface area contributed by atoms with Crippen LogP contribution < -0.4 is 10.6 Å². The number of methoxy groups -OCH3 is 2. The van der Waals surface area contributed by atoms with Crippen LogP contribution in [0.5, 0.6) is 0 Å². The molecule has 204 valence electrons. The topological polar surface area (TPSA) is 140 Å². The molecule has 0 saturated heterocycles. The first-order valence-electron chi connectivity index (χ1n) is 12.2. The van der Waals surface area contributed by atoms with Crippen LogP contribution in [-0.2, 0) is 34.7 Å². The van der Waals surface area contributed by atoms with E-state index in [1.54, 1.807) is 78.9 Å². The average molecular weight is 558 g/mol. The van der Waals surface area contributed by atoms with E-state index in [4.69, 9.17) is 15.2 Å². The fraction of sp³-hybridized carbons (Fsp3) is 0.167. The molecule has 4 rings (SSSR count). The number of anilines is 1. The molecule has 1 aliphatic rings. The van der Waals surface area contributed by atoms with Gasteiger partial charge in [-0.1, -0.05) is 60.2 Å². The van der Waals surface area contributed by atoms with Crippen LogP contribution in [0.4, 0.5) is 5.69 Å². The third-order valence-corrected chi connectivity index (χ3v) is 8.25. The Labute approximate surface area is 232 Å². The molecule has 0 bridgehead atoms. The summed E-state index contributed by atoms with van der Waals surface area (Å²) in [6, 6.07) is 23.6. The second kappa shape index (κ2) is 11.5. The summed E-state index contributed by atoms with van der Waals surface area (Å²) in [5.74, 6) is -3.02. The number of aryl methyl sites for hydroxylation is 1. The maximum absolute atomic E-state index is 13.2. The zero-order valence-corrected chi connectivity index (χ0v) is 22.9. The molecular weight excluding hydrogens is 530 g/mol. The van der Waals surface area contributed by atoms with Crippen LogP contribution >= 0.6 is 0 Å². The first-order valence-corrected chi connectivity index (χ1v) is 13.8. The second-order valence-corrected chi connectivity index (χ2v) is 11.1. The molecule has 0 aromatic heterocycles. The van der Waals surface area contributed by atoms with Crippen LogP contribution in [0.15, 0.2) is 106 Å². The molecular formula is C30H27N3O6S. The van der Waals surface area contributed by atoms with Crippen LogP contribution in [0.1, 0.15) is 22.6 Å². The molecule has 0 radical (unpaired) electrons. The molecule has 0 aliphatic carbocycles. The highest BCUT2D eigenvalue weighted by atomic mass is 32.2. The molecule has 1 unspecified atom stereocenters. The van der Waals surface area contributed by atoms with Gasteiger partial charge in [0.25, 0.3) is 0 Å². The highest BCUT2D eigenvalue weighted by Gasteiger charge is 2.43. The summed E-state index contributed by atoms with van der Waals surface area (Å²) < 4.78 is 35.9. The Hall–Kier alpha value is -4.88. The standard InChI is InChI=1S/C30H27N3O6S/c1-19-9-15-23(16-10-19)40(36,37)18-20-11-13-22(14-12-20)33-27(30(35)39-3)26(29(34)38-2)25(24(17-31)28(33)32)21-7-5-4-6-8-21/h4-16,25H,18,32H2,1-3H3. The van der Waals surface area contributed by atoms with E-state index in [1.165, 1.54) is 19.1 Å². The van der Waals surface area contributed by atoms with Gasteiger partial charge in [0.05, 0.1) is 48.0 Å². The molecule has 0 fully saturated rings. The van der Waals surface area contributed by atoms with E-state index >= 15 is 0 Å². The van der Waals surface area contributed by atoms with Crippen LogP contribution in [-0.4, -0.2) is 34.6 Å². The van der Waals surface area contributed by atoms with E-state index in [0.717, 1.165) is 5.56 Å². The number of hydrogen-bond donors (Lipinski definition) is 1. The summed E-state index contributed by atoms with van der Waals surface area (Å²) in [4.78, 5) is 27.8. The number of nitriles is 1. The molecule has 3 aromatic rings. The van der Waals surface area contributed by atoms with Crippen molar-refractivity contribution in [1.29, 1.82) is 5.26 Å². The zero-order chi connectivity index (χ0) is 29.0. The molecule has 1 heterocycles. The number of carbonyl (C=O) groups is 2. The number of rotatable bonds is 7. The van der Waals surface area contributed by atoms with Crippen molar-refractivity contribution < 1.29 is 27.5 Å². The smallest absolute Gasteiger partial charge is 0.355 e. The summed E-state index contributed by atoms with van der Waals surface area (Å²) >= 11 is 0. The van der Waals surface area contributed by atoms with Gasteiger partial charge in [-0.3, -0.25) is 4.90 Å². The number of hydrogen-bond acceptors (Lipinski definition) is 9. The summed E-state index contributed by atoms with van der Waals surface area (Å²) in [5, 5.41) is 10.1. The van der Waals surface area contributed by atoms with Gasteiger partial charge in [-0.2, -0.15) is 5.26 Å². The molecule has 0 saturated carbocycles. The number of nitrogens with two attached hydrogens (primary N) is 1. The minimum absolute atomic E-state index is 0.0327. The molecule has 0 amide bonds. The monoisotopic (exact) mass is 557 g/mol. The summed E-state index contributed by atoms with van der Waals surface area (Å²) in [7, 11) is -1.28. The Balaban J connectivity index is 1.83. The van der Waals surface area contributed by atoms with Gasteiger partial charge in [-0.25, -0.2) is 18.0 Å². The van der Waals surface area contributed by atoms with Crippen molar-refractivity contribution in [1.82, 2.24) is 0 Å². The first-order chi connectivity index (χ1) is 19.1. The Morgan fingerprint density at radius 1 is 0.925 bits per heavy atom. The highest BCUT2D eigenvalue weighted by Crippen LogP contribution is 2.43.